The lowest BCUT2D eigenvalue weighted by molar-refractivity contribution is 0.661. The van der Waals surface area contributed by atoms with Gasteiger partial charge in [0.1, 0.15) is 5.82 Å². The van der Waals surface area contributed by atoms with Gasteiger partial charge >= 0.3 is 0 Å². The molecule has 11 aromatic rings. The Hall–Kier alpha value is -7.29. The number of aromatic nitrogens is 2. The summed E-state index contributed by atoms with van der Waals surface area (Å²) in [5.41, 5.74) is 14.5. The van der Waals surface area contributed by atoms with E-state index in [4.69, 9.17) is 4.98 Å². The van der Waals surface area contributed by atoms with Crippen LogP contribution in [0.2, 0.25) is 0 Å². The van der Waals surface area contributed by atoms with Gasteiger partial charge in [-0.2, -0.15) is 0 Å². The van der Waals surface area contributed by atoms with Crippen molar-refractivity contribution < 1.29 is 0 Å². The molecule has 0 unspecified atom stereocenters. The van der Waals surface area contributed by atoms with Crippen LogP contribution in [0.3, 0.4) is 0 Å². The van der Waals surface area contributed by atoms with E-state index in [1.807, 2.05) is 0 Å². The SMILES string of the molecule is CC1(C)c2ccccc2-c2cc3c(-c4cccc(-c5nc6ccccc6n5-c5ccccc5)c4)c4ccccc4c(-c4cc5ccccc5c5ccccc45)c3cc21. The molecule has 0 radical (unpaired) electrons. The molecule has 0 fully saturated rings. The second-order valence-corrected chi connectivity index (χ2v) is 16.3. The fourth-order valence-corrected chi connectivity index (χ4v) is 10.1. The van der Waals surface area contributed by atoms with Crippen LogP contribution in [-0.4, -0.2) is 9.55 Å². The molecule has 12 rings (SSSR count). The van der Waals surface area contributed by atoms with E-state index in [1.54, 1.807) is 0 Å². The van der Waals surface area contributed by atoms with E-state index in [9.17, 15) is 0 Å². The molecule has 1 heterocycles. The van der Waals surface area contributed by atoms with Gasteiger partial charge in [0, 0.05) is 16.7 Å². The predicted molar refractivity (Wildman–Crippen MR) is 245 cm³/mol. The maximum Gasteiger partial charge on any atom is 0.145 e. The third-order valence-corrected chi connectivity index (χ3v) is 12.7. The number of imidazole rings is 1. The fourth-order valence-electron chi connectivity index (χ4n) is 10.1. The van der Waals surface area contributed by atoms with Crippen molar-refractivity contribution in [2.75, 3.05) is 0 Å². The van der Waals surface area contributed by atoms with Crippen molar-refractivity contribution in [3.63, 3.8) is 0 Å². The summed E-state index contributed by atoms with van der Waals surface area (Å²) in [4.78, 5) is 5.28. The number of fused-ring (bicyclic) bond motifs is 9. The van der Waals surface area contributed by atoms with E-state index >= 15 is 0 Å². The van der Waals surface area contributed by atoms with E-state index in [-0.39, 0.29) is 5.41 Å². The molecule has 10 aromatic carbocycles. The summed E-state index contributed by atoms with van der Waals surface area (Å²) in [6.45, 7) is 4.78. The summed E-state index contributed by atoms with van der Waals surface area (Å²) >= 11 is 0. The molecular weight excluding hydrogens is 701 g/mol. The number of hydrogen-bond acceptors (Lipinski definition) is 1. The van der Waals surface area contributed by atoms with Gasteiger partial charge in [0.05, 0.1) is 11.0 Å². The van der Waals surface area contributed by atoms with Gasteiger partial charge in [-0.05, 0) is 136 Å². The van der Waals surface area contributed by atoms with E-state index in [2.05, 4.69) is 213 Å². The number of hydrogen-bond donors (Lipinski definition) is 0. The highest BCUT2D eigenvalue weighted by Crippen LogP contribution is 2.54. The van der Waals surface area contributed by atoms with Gasteiger partial charge < -0.3 is 0 Å². The van der Waals surface area contributed by atoms with Crippen LogP contribution in [0.25, 0.3) is 105 Å². The first-order valence-corrected chi connectivity index (χ1v) is 20.2. The second kappa shape index (κ2) is 12.4. The highest BCUT2D eigenvalue weighted by molar-refractivity contribution is 6.26. The van der Waals surface area contributed by atoms with Gasteiger partial charge in [0.15, 0.2) is 0 Å². The van der Waals surface area contributed by atoms with E-state index in [0.717, 1.165) is 28.1 Å². The van der Waals surface area contributed by atoms with Crippen LogP contribution in [0.4, 0.5) is 0 Å². The first-order valence-electron chi connectivity index (χ1n) is 20.2. The van der Waals surface area contributed by atoms with Gasteiger partial charge in [-0.1, -0.05) is 159 Å². The molecule has 2 heteroatoms. The normalized spacial score (nSPS) is 13.1. The highest BCUT2D eigenvalue weighted by atomic mass is 15.1. The van der Waals surface area contributed by atoms with Crippen molar-refractivity contribution in [3.05, 3.63) is 205 Å². The van der Waals surface area contributed by atoms with Crippen molar-refractivity contribution in [1.29, 1.82) is 0 Å². The molecule has 0 atom stereocenters. The monoisotopic (exact) mass is 738 g/mol. The Morgan fingerprint density at radius 1 is 0.397 bits per heavy atom. The Morgan fingerprint density at radius 2 is 1.03 bits per heavy atom. The van der Waals surface area contributed by atoms with Crippen molar-refractivity contribution in [3.8, 4) is 50.5 Å². The number of nitrogens with zero attached hydrogens (tertiary/aromatic N) is 2. The van der Waals surface area contributed by atoms with Crippen LogP contribution >= 0.6 is 0 Å². The van der Waals surface area contributed by atoms with Gasteiger partial charge in [0.25, 0.3) is 0 Å². The van der Waals surface area contributed by atoms with Crippen LogP contribution in [0.15, 0.2) is 194 Å². The third kappa shape index (κ3) is 4.69. The predicted octanol–water partition coefficient (Wildman–Crippen LogP) is 14.9. The summed E-state index contributed by atoms with van der Waals surface area (Å²) in [5, 5.41) is 10.1. The van der Waals surface area contributed by atoms with E-state index < -0.39 is 0 Å². The summed E-state index contributed by atoms with van der Waals surface area (Å²) in [6.07, 6.45) is 0. The number of benzene rings is 10. The lowest BCUT2D eigenvalue weighted by atomic mass is 9.79. The van der Waals surface area contributed by atoms with Gasteiger partial charge in [0.2, 0.25) is 0 Å². The van der Waals surface area contributed by atoms with E-state index in [1.165, 1.54) is 87.6 Å². The summed E-state index contributed by atoms with van der Waals surface area (Å²) in [7, 11) is 0. The minimum Gasteiger partial charge on any atom is -0.292 e. The maximum absolute atomic E-state index is 5.28. The van der Waals surface area contributed by atoms with Gasteiger partial charge in [-0.25, -0.2) is 4.98 Å². The topological polar surface area (TPSA) is 17.8 Å². The minimum atomic E-state index is -0.148. The zero-order chi connectivity index (χ0) is 38.5. The van der Waals surface area contributed by atoms with Crippen LogP contribution in [0.5, 0.6) is 0 Å². The van der Waals surface area contributed by atoms with Crippen LogP contribution < -0.4 is 0 Å². The summed E-state index contributed by atoms with van der Waals surface area (Å²) in [5.74, 6) is 0.929. The molecule has 0 N–H and O–H groups in total. The summed E-state index contributed by atoms with van der Waals surface area (Å²) < 4.78 is 2.30. The first-order chi connectivity index (χ1) is 28.5. The molecule has 0 spiro atoms. The molecule has 58 heavy (non-hydrogen) atoms. The van der Waals surface area contributed by atoms with Crippen molar-refractivity contribution in [2.45, 2.75) is 19.3 Å². The zero-order valence-corrected chi connectivity index (χ0v) is 32.4. The van der Waals surface area contributed by atoms with Crippen LogP contribution in [0.1, 0.15) is 25.0 Å². The van der Waals surface area contributed by atoms with Crippen molar-refractivity contribution >= 4 is 54.1 Å². The Kier molecular flexibility index (Phi) is 7.01. The van der Waals surface area contributed by atoms with Crippen molar-refractivity contribution in [1.82, 2.24) is 9.55 Å². The van der Waals surface area contributed by atoms with Crippen molar-refractivity contribution in [2.24, 2.45) is 0 Å². The molecule has 0 saturated carbocycles. The average Bonchev–Trinajstić information content (AvgIpc) is 3.77. The fraction of sp³-hybridized carbons (Fsp3) is 0.0536. The molecule has 0 amide bonds. The number of rotatable bonds is 4. The Balaban J connectivity index is 1.21. The molecule has 0 aliphatic heterocycles. The maximum atomic E-state index is 5.28. The third-order valence-electron chi connectivity index (χ3n) is 12.7. The molecule has 0 saturated heterocycles. The molecule has 0 bridgehead atoms. The second-order valence-electron chi connectivity index (χ2n) is 16.3. The molecule has 1 aliphatic carbocycles. The zero-order valence-electron chi connectivity index (χ0n) is 32.4. The lowest BCUT2D eigenvalue weighted by Gasteiger charge is -2.24. The highest BCUT2D eigenvalue weighted by Gasteiger charge is 2.36. The lowest BCUT2D eigenvalue weighted by Crippen LogP contribution is -2.14. The standard InChI is InChI=1S/C56H38N2/c1-56(2)49-28-13-12-25-42(49)45-33-47-48(34-50(45)56)54(46-32-35-17-6-7-22-39(35)40-23-8-9-24-41(40)46)44-27-11-10-26-43(44)53(47)36-18-16-19-37(31-36)55-57-51-29-14-15-30-52(51)58(55)38-20-4-3-5-21-38/h3-34H,1-2H3. The van der Waals surface area contributed by atoms with Crippen LogP contribution in [0, 0.1) is 0 Å². The van der Waals surface area contributed by atoms with Gasteiger partial charge in [-0.3, -0.25) is 4.57 Å². The first kappa shape index (κ1) is 32.9. The Bertz CT molecular complexity index is 3480. The molecule has 272 valence electrons. The largest absolute Gasteiger partial charge is 0.292 e. The van der Waals surface area contributed by atoms with Gasteiger partial charge in [-0.15, -0.1) is 0 Å². The Labute approximate surface area is 337 Å². The van der Waals surface area contributed by atoms with Crippen LogP contribution in [-0.2, 0) is 5.41 Å². The Morgan fingerprint density at radius 3 is 1.88 bits per heavy atom. The molecule has 1 aliphatic rings. The summed E-state index contributed by atoms with van der Waals surface area (Å²) in [6, 6.07) is 71.4. The quantitative estimate of drug-likeness (QED) is 0.130. The molecule has 2 nitrogen and oxygen atoms in total. The van der Waals surface area contributed by atoms with E-state index in [0.29, 0.717) is 0 Å². The molecular formula is C56H38N2. The molecule has 1 aromatic heterocycles. The smallest absolute Gasteiger partial charge is 0.145 e. The minimum absolute atomic E-state index is 0.148. The number of para-hydroxylation sites is 3. The average molecular weight is 739 g/mol.